The zero-order valence-electron chi connectivity index (χ0n) is 14.8. The van der Waals surface area contributed by atoms with Crippen molar-refractivity contribution in [1.82, 2.24) is 9.97 Å². The molecule has 0 bridgehead atoms. The van der Waals surface area contributed by atoms with Gasteiger partial charge < -0.3 is 19.9 Å². The van der Waals surface area contributed by atoms with E-state index in [-0.39, 0.29) is 17.5 Å². The Labute approximate surface area is 151 Å². The molecule has 1 aromatic heterocycles. The predicted octanol–water partition coefficient (Wildman–Crippen LogP) is 1.55. The number of hydrogen-bond donors (Lipinski definition) is 1. The normalized spacial score (nSPS) is 14.0. The standard InChI is InChI=1S/C18H21N5O3/c1-13(24)22(2)15-5-3-4-14(12-15)20-17(25)16-6-7-19-18(21-16)23-8-10-26-11-9-23/h3-7,12H,8-11H2,1-2H3,(H,20,25). The van der Waals surface area contributed by atoms with Crippen LogP contribution in [-0.4, -0.2) is 55.1 Å². The molecule has 0 atom stereocenters. The number of nitrogens with one attached hydrogen (secondary N) is 1. The summed E-state index contributed by atoms with van der Waals surface area (Å²) in [6, 6.07) is 8.66. The number of carbonyl (C=O) groups is 2. The minimum absolute atomic E-state index is 0.0839. The van der Waals surface area contributed by atoms with Gasteiger partial charge in [-0.25, -0.2) is 9.97 Å². The molecule has 0 spiro atoms. The Kier molecular flexibility index (Phi) is 5.43. The Morgan fingerprint density at radius 2 is 2.00 bits per heavy atom. The molecule has 8 nitrogen and oxygen atoms in total. The van der Waals surface area contributed by atoms with Crippen molar-refractivity contribution in [3.05, 3.63) is 42.2 Å². The van der Waals surface area contributed by atoms with Crippen molar-refractivity contribution < 1.29 is 14.3 Å². The van der Waals surface area contributed by atoms with Gasteiger partial charge in [0.05, 0.1) is 13.2 Å². The van der Waals surface area contributed by atoms with Gasteiger partial charge in [0.2, 0.25) is 11.9 Å². The summed E-state index contributed by atoms with van der Waals surface area (Å²) in [5.74, 6) is 0.106. The fourth-order valence-corrected chi connectivity index (χ4v) is 2.56. The number of ether oxygens (including phenoxy) is 1. The van der Waals surface area contributed by atoms with E-state index in [1.165, 1.54) is 11.8 Å². The van der Waals surface area contributed by atoms with Gasteiger partial charge in [-0.2, -0.15) is 0 Å². The van der Waals surface area contributed by atoms with Gasteiger partial charge in [-0.15, -0.1) is 0 Å². The molecule has 2 amide bonds. The van der Waals surface area contributed by atoms with E-state index in [0.29, 0.717) is 43.6 Å². The quantitative estimate of drug-likeness (QED) is 0.895. The molecule has 3 rings (SSSR count). The summed E-state index contributed by atoms with van der Waals surface area (Å²) in [5.41, 5.74) is 1.57. The van der Waals surface area contributed by atoms with Crippen LogP contribution in [0.5, 0.6) is 0 Å². The minimum Gasteiger partial charge on any atom is -0.378 e. The fraction of sp³-hybridized carbons (Fsp3) is 0.333. The number of carbonyl (C=O) groups excluding carboxylic acids is 2. The van der Waals surface area contributed by atoms with Gasteiger partial charge in [0.25, 0.3) is 5.91 Å². The highest BCUT2D eigenvalue weighted by Gasteiger charge is 2.16. The lowest BCUT2D eigenvalue weighted by Crippen LogP contribution is -2.37. The highest BCUT2D eigenvalue weighted by atomic mass is 16.5. The van der Waals surface area contributed by atoms with Crippen molar-refractivity contribution in [3.63, 3.8) is 0 Å². The molecule has 136 valence electrons. The van der Waals surface area contributed by atoms with Crippen molar-refractivity contribution >= 4 is 29.1 Å². The summed E-state index contributed by atoms with van der Waals surface area (Å²) in [6.07, 6.45) is 1.58. The second-order valence-electron chi connectivity index (χ2n) is 5.92. The first-order valence-electron chi connectivity index (χ1n) is 8.36. The molecule has 2 heterocycles. The van der Waals surface area contributed by atoms with Gasteiger partial charge in [0.1, 0.15) is 5.69 Å². The third kappa shape index (κ3) is 4.15. The molecular formula is C18H21N5O3. The SMILES string of the molecule is CC(=O)N(C)c1cccc(NC(=O)c2ccnc(N3CCOCC3)n2)c1. The van der Waals surface area contributed by atoms with Gasteiger partial charge in [0, 0.05) is 44.6 Å². The van der Waals surface area contributed by atoms with Crippen LogP contribution in [0.1, 0.15) is 17.4 Å². The van der Waals surface area contributed by atoms with Crippen molar-refractivity contribution in [2.24, 2.45) is 0 Å². The summed E-state index contributed by atoms with van der Waals surface area (Å²) >= 11 is 0. The molecule has 0 saturated carbocycles. The van der Waals surface area contributed by atoms with E-state index in [2.05, 4.69) is 15.3 Å². The largest absolute Gasteiger partial charge is 0.378 e. The molecule has 1 fully saturated rings. The summed E-state index contributed by atoms with van der Waals surface area (Å²) in [4.78, 5) is 36.1. The Hall–Kier alpha value is -3.00. The first-order valence-corrected chi connectivity index (χ1v) is 8.36. The number of aromatic nitrogens is 2. The predicted molar refractivity (Wildman–Crippen MR) is 98.5 cm³/mol. The van der Waals surface area contributed by atoms with Crippen LogP contribution in [0.4, 0.5) is 17.3 Å². The van der Waals surface area contributed by atoms with E-state index in [0.717, 1.165) is 0 Å². The smallest absolute Gasteiger partial charge is 0.274 e. The fourth-order valence-electron chi connectivity index (χ4n) is 2.56. The second kappa shape index (κ2) is 7.92. The summed E-state index contributed by atoms with van der Waals surface area (Å²) in [5, 5.41) is 2.81. The van der Waals surface area contributed by atoms with Crippen LogP contribution in [0.15, 0.2) is 36.5 Å². The molecule has 1 saturated heterocycles. The molecule has 2 aromatic rings. The lowest BCUT2D eigenvalue weighted by molar-refractivity contribution is -0.116. The van der Waals surface area contributed by atoms with E-state index in [1.807, 2.05) is 4.90 Å². The molecule has 1 aliphatic heterocycles. The van der Waals surface area contributed by atoms with Crippen LogP contribution in [0, 0.1) is 0 Å². The van der Waals surface area contributed by atoms with E-state index < -0.39 is 0 Å². The monoisotopic (exact) mass is 355 g/mol. The number of amides is 2. The van der Waals surface area contributed by atoms with Gasteiger partial charge in [-0.05, 0) is 24.3 Å². The molecule has 0 radical (unpaired) electrons. The Balaban J connectivity index is 1.74. The topological polar surface area (TPSA) is 87.7 Å². The molecule has 0 unspecified atom stereocenters. The molecule has 1 aromatic carbocycles. The van der Waals surface area contributed by atoms with Crippen molar-refractivity contribution in [1.29, 1.82) is 0 Å². The number of anilines is 3. The summed E-state index contributed by atoms with van der Waals surface area (Å²) in [6.45, 7) is 4.13. The minimum atomic E-state index is -0.329. The molecule has 0 aliphatic carbocycles. The number of rotatable bonds is 4. The molecule has 8 heteroatoms. The van der Waals surface area contributed by atoms with Gasteiger partial charge >= 0.3 is 0 Å². The first kappa shape index (κ1) is 17.8. The molecule has 1 N–H and O–H groups in total. The zero-order chi connectivity index (χ0) is 18.5. The number of nitrogens with zero attached hydrogens (tertiary/aromatic N) is 4. The Morgan fingerprint density at radius 3 is 2.73 bits per heavy atom. The van der Waals surface area contributed by atoms with Gasteiger partial charge in [-0.1, -0.05) is 6.07 Å². The van der Waals surface area contributed by atoms with Crippen molar-refractivity contribution in [2.75, 3.05) is 48.5 Å². The van der Waals surface area contributed by atoms with E-state index in [4.69, 9.17) is 4.74 Å². The molecular weight excluding hydrogens is 334 g/mol. The summed E-state index contributed by atoms with van der Waals surface area (Å²) < 4.78 is 5.32. The zero-order valence-corrected chi connectivity index (χ0v) is 14.8. The van der Waals surface area contributed by atoms with Crippen LogP contribution in [0.3, 0.4) is 0 Å². The maximum Gasteiger partial charge on any atom is 0.274 e. The highest BCUT2D eigenvalue weighted by molar-refractivity contribution is 6.03. The second-order valence-corrected chi connectivity index (χ2v) is 5.92. The van der Waals surface area contributed by atoms with Crippen LogP contribution in [-0.2, 0) is 9.53 Å². The number of morpholine rings is 1. The average molecular weight is 355 g/mol. The average Bonchev–Trinajstić information content (AvgIpc) is 2.68. The lowest BCUT2D eigenvalue weighted by atomic mass is 10.2. The van der Waals surface area contributed by atoms with Gasteiger partial charge in [-0.3, -0.25) is 9.59 Å². The first-order chi connectivity index (χ1) is 12.5. The number of hydrogen-bond acceptors (Lipinski definition) is 6. The van der Waals surface area contributed by atoms with E-state index in [1.54, 1.807) is 43.6 Å². The maximum atomic E-state index is 12.5. The van der Waals surface area contributed by atoms with Crippen molar-refractivity contribution in [3.8, 4) is 0 Å². The van der Waals surface area contributed by atoms with Crippen LogP contribution < -0.4 is 15.1 Å². The van der Waals surface area contributed by atoms with Crippen molar-refractivity contribution in [2.45, 2.75) is 6.92 Å². The van der Waals surface area contributed by atoms with E-state index in [9.17, 15) is 9.59 Å². The lowest BCUT2D eigenvalue weighted by Gasteiger charge is -2.26. The Bertz CT molecular complexity index is 805. The van der Waals surface area contributed by atoms with Gasteiger partial charge in [0.15, 0.2) is 0 Å². The van der Waals surface area contributed by atoms with Crippen LogP contribution in [0.25, 0.3) is 0 Å². The van der Waals surface area contributed by atoms with Crippen LogP contribution in [0.2, 0.25) is 0 Å². The highest BCUT2D eigenvalue weighted by Crippen LogP contribution is 2.19. The maximum absolute atomic E-state index is 12.5. The molecule has 1 aliphatic rings. The summed E-state index contributed by atoms with van der Waals surface area (Å²) in [7, 11) is 1.68. The van der Waals surface area contributed by atoms with E-state index >= 15 is 0 Å². The Morgan fingerprint density at radius 1 is 1.23 bits per heavy atom. The number of benzene rings is 1. The van der Waals surface area contributed by atoms with Crippen LogP contribution >= 0.6 is 0 Å². The molecule has 26 heavy (non-hydrogen) atoms. The third-order valence-electron chi connectivity index (χ3n) is 4.13. The third-order valence-corrected chi connectivity index (χ3v) is 4.13.